The number of aromatic nitrogens is 2. The molecule has 150 valence electrons. The van der Waals surface area contributed by atoms with E-state index in [1.165, 1.54) is 16.9 Å². The Labute approximate surface area is 174 Å². The molecule has 0 bridgehead atoms. The van der Waals surface area contributed by atoms with Crippen LogP contribution in [0.2, 0.25) is 0 Å². The first-order valence-electron chi connectivity index (χ1n) is 9.88. The molecular weight excluding hydrogens is 384 g/mol. The second kappa shape index (κ2) is 9.15. The van der Waals surface area contributed by atoms with Crippen molar-refractivity contribution in [3.63, 3.8) is 0 Å². The van der Waals surface area contributed by atoms with E-state index in [0.29, 0.717) is 23.9 Å². The molecule has 4 rings (SSSR count). The van der Waals surface area contributed by atoms with Gasteiger partial charge in [-0.05, 0) is 24.1 Å². The molecule has 0 radical (unpaired) electrons. The molecule has 2 aromatic heterocycles. The highest BCUT2D eigenvalue weighted by Crippen LogP contribution is 2.26. The van der Waals surface area contributed by atoms with Crippen LogP contribution in [-0.2, 0) is 11.2 Å². The van der Waals surface area contributed by atoms with Gasteiger partial charge < -0.3 is 9.64 Å². The number of nitrogens with one attached hydrogen (secondary N) is 1. The van der Waals surface area contributed by atoms with Crippen LogP contribution in [0, 0.1) is 0 Å². The lowest BCUT2D eigenvalue weighted by atomic mass is 10.1. The SMILES string of the molecule is CCCc1ccc(-c2csc(NC(=O)c3ccc(N4CCOCC4)nc3)n2)cc1. The average molecular weight is 409 g/mol. The van der Waals surface area contributed by atoms with Gasteiger partial charge in [0, 0.05) is 30.2 Å². The van der Waals surface area contributed by atoms with Crippen LogP contribution in [0.4, 0.5) is 10.9 Å². The molecule has 29 heavy (non-hydrogen) atoms. The minimum absolute atomic E-state index is 0.203. The van der Waals surface area contributed by atoms with Gasteiger partial charge in [0.15, 0.2) is 5.13 Å². The van der Waals surface area contributed by atoms with Gasteiger partial charge in [-0.15, -0.1) is 11.3 Å². The fourth-order valence-electron chi connectivity index (χ4n) is 3.26. The van der Waals surface area contributed by atoms with Gasteiger partial charge in [-0.25, -0.2) is 9.97 Å². The smallest absolute Gasteiger partial charge is 0.259 e. The van der Waals surface area contributed by atoms with Crippen LogP contribution in [-0.4, -0.2) is 42.2 Å². The number of carbonyl (C=O) groups excluding carboxylic acids is 1. The second-order valence-electron chi connectivity index (χ2n) is 6.94. The molecule has 1 aliphatic rings. The maximum absolute atomic E-state index is 12.5. The van der Waals surface area contributed by atoms with E-state index in [1.807, 2.05) is 11.4 Å². The van der Waals surface area contributed by atoms with E-state index in [1.54, 1.807) is 12.3 Å². The van der Waals surface area contributed by atoms with Crippen molar-refractivity contribution in [1.82, 2.24) is 9.97 Å². The van der Waals surface area contributed by atoms with Crippen molar-refractivity contribution in [2.45, 2.75) is 19.8 Å². The predicted molar refractivity (Wildman–Crippen MR) is 117 cm³/mol. The lowest BCUT2D eigenvalue weighted by molar-refractivity contribution is 0.102. The molecule has 0 saturated carbocycles. The fourth-order valence-corrected chi connectivity index (χ4v) is 3.98. The summed E-state index contributed by atoms with van der Waals surface area (Å²) in [5.74, 6) is 0.665. The van der Waals surface area contributed by atoms with E-state index in [9.17, 15) is 4.79 Å². The number of hydrogen-bond donors (Lipinski definition) is 1. The molecule has 1 saturated heterocycles. The van der Waals surface area contributed by atoms with Crippen LogP contribution in [0.1, 0.15) is 29.3 Å². The minimum Gasteiger partial charge on any atom is -0.378 e. The first-order valence-corrected chi connectivity index (χ1v) is 10.8. The van der Waals surface area contributed by atoms with E-state index < -0.39 is 0 Å². The van der Waals surface area contributed by atoms with Crippen molar-refractivity contribution >= 4 is 28.2 Å². The fraction of sp³-hybridized carbons (Fsp3) is 0.318. The van der Waals surface area contributed by atoms with E-state index in [-0.39, 0.29) is 5.91 Å². The second-order valence-corrected chi connectivity index (χ2v) is 7.80. The summed E-state index contributed by atoms with van der Waals surface area (Å²) < 4.78 is 5.36. The van der Waals surface area contributed by atoms with Gasteiger partial charge in [0.1, 0.15) is 5.82 Å². The zero-order valence-corrected chi connectivity index (χ0v) is 17.2. The number of benzene rings is 1. The Morgan fingerprint density at radius 1 is 1.17 bits per heavy atom. The average Bonchev–Trinajstić information content (AvgIpc) is 3.24. The number of ether oxygens (including phenoxy) is 1. The summed E-state index contributed by atoms with van der Waals surface area (Å²) >= 11 is 1.42. The van der Waals surface area contributed by atoms with Gasteiger partial charge in [0.25, 0.3) is 5.91 Å². The monoisotopic (exact) mass is 408 g/mol. The standard InChI is InChI=1S/C22H24N4O2S/c1-2-3-16-4-6-17(7-5-16)19-15-29-22(24-19)25-21(27)18-8-9-20(23-14-18)26-10-12-28-13-11-26/h4-9,14-15H,2-3,10-13H2,1H3,(H,24,25,27). The molecule has 3 aromatic rings. The molecular formula is C22H24N4O2S. The highest BCUT2D eigenvalue weighted by Gasteiger charge is 2.14. The molecule has 1 fully saturated rings. The first kappa shape index (κ1) is 19.5. The van der Waals surface area contributed by atoms with Crippen molar-refractivity contribution in [2.75, 3.05) is 36.5 Å². The van der Waals surface area contributed by atoms with Gasteiger partial charge in [-0.2, -0.15) is 0 Å². The Balaban J connectivity index is 1.39. The summed E-state index contributed by atoms with van der Waals surface area (Å²) in [6, 6.07) is 12.1. The molecule has 0 aliphatic carbocycles. The van der Waals surface area contributed by atoms with E-state index in [2.05, 4.69) is 51.4 Å². The Hall–Kier alpha value is -2.77. The number of thiazole rings is 1. The zero-order chi connectivity index (χ0) is 20.1. The molecule has 0 spiro atoms. The van der Waals surface area contributed by atoms with Crippen LogP contribution >= 0.6 is 11.3 Å². The van der Waals surface area contributed by atoms with Crippen LogP contribution in [0.3, 0.4) is 0 Å². The zero-order valence-electron chi connectivity index (χ0n) is 16.4. The first-order chi connectivity index (χ1) is 14.2. The third-order valence-electron chi connectivity index (χ3n) is 4.86. The molecule has 1 amide bonds. The maximum atomic E-state index is 12.5. The molecule has 0 atom stereocenters. The van der Waals surface area contributed by atoms with Crippen molar-refractivity contribution in [3.8, 4) is 11.3 Å². The molecule has 7 heteroatoms. The number of amides is 1. The lowest BCUT2D eigenvalue weighted by Gasteiger charge is -2.27. The van der Waals surface area contributed by atoms with Crippen LogP contribution in [0.15, 0.2) is 48.0 Å². The summed E-state index contributed by atoms with van der Waals surface area (Å²) in [5.41, 5.74) is 3.77. The Morgan fingerprint density at radius 3 is 2.66 bits per heavy atom. The van der Waals surface area contributed by atoms with Crippen LogP contribution in [0.5, 0.6) is 0 Å². The lowest BCUT2D eigenvalue weighted by Crippen LogP contribution is -2.36. The van der Waals surface area contributed by atoms with Crippen LogP contribution < -0.4 is 10.2 Å². The van der Waals surface area contributed by atoms with Crippen molar-refractivity contribution in [2.24, 2.45) is 0 Å². The number of pyridine rings is 1. The van der Waals surface area contributed by atoms with Crippen molar-refractivity contribution < 1.29 is 9.53 Å². The molecule has 1 N–H and O–H groups in total. The summed E-state index contributed by atoms with van der Waals surface area (Å²) in [6.45, 7) is 5.23. The Morgan fingerprint density at radius 2 is 1.97 bits per heavy atom. The summed E-state index contributed by atoms with van der Waals surface area (Å²) in [5, 5.41) is 5.42. The summed E-state index contributed by atoms with van der Waals surface area (Å²) in [4.78, 5) is 23.7. The van der Waals surface area contributed by atoms with E-state index >= 15 is 0 Å². The number of carbonyl (C=O) groups is 1. The van der Waals surface area contributed by atoms with Gasteiger partial charge in [-0.3, -0.25) is 10.1 Å². The summed E-state index contributed by atoms with van der Waals surface area (Å²) in [7, 11) is 0. The Bertz CT molecular complexity index is 948. The Kier molecular flexibility index (Phi) is 6.17. The predicted octanol–water partition coefficient (Wildman–Crippen LogP) is 4.25. The van der Waals surface area contributed by atoms with Gasteiger partial charge in [-0.1, -0.05) is 37.6 Å². The molecule has 6 nitrogen and oxygen atoms in total. The number of morpholine rings is 1. The maximum Gasteiger partial charge on any atom is 0.259 e. The van der Waals surface area contributed by atoms with Crippen molar-refractivity contribution in [3.05, 3.63) is 59.1 Å². The number of anilines is 2. The van der Waals surface area contributed by atoms with E-state index in [4.69, 9.17) is 4.74 Å². The van der Waals surface area contributed by atoms with Gasteiger partial charge >= 0.3 is 0 Å². The number of aryl methyl sites for hydroxylation is 1. The van der Waals surface area contributed by atoms with E-state index in [0.717, 1.165) is 43.0 Å². The number of hydrogen-bond acceptors (Lipinski definition) is 6. The molecule has 0 unspecified atom stereocenters. The highest BCUT2D eigenvalue weighted by atomic mass is 32.1. The molecule has 1 aliphatic heterocycles. The topological polar surface area (TPSA) is 67.4 Å². The number of nitrogens with zero attached hydrogens (tertiary/aromatic N) is 3. The highest BCUT2D eigenvalue weighted by molar-refractivity contribution is 7.14. The number of rotatable bonds is 6. The normalized spacial score (nSPS) is 14.0. The molecule has 3 heterocycles. The van der Waals surface area contributed by atoms with Crippen LogP contribution in [0.25, 0.3) is 11.3 Å². The minimum atomic E-state index is -0.203. The van der Waals surface area contributed by atoms with Crippen molar-refractivity contribution in [1.29, 1.82) is 0 Å². The molecule has 1 aromatic carbocycles. The van der Waals surface area contributed by atoms with Gasteiger partial charge in [0.05, 0.1) is 24.5 Å². The quantitative estimate of drug-likeness (QED) is 0.661. The third kappa shape index (κ3) is 4.81. The van der Waals surface area contributed by atoms with Gasteiger partial charge in [0.2, 0.25) is 0 Å². The summed E-state index contributed by atoms with van der Waals surface area (Å²) in [6.07, 6.45) is 3.83. The third-order valence-corrected chi connectivity index (χ3v) is 5.62. The largest absolute Gasteiger partial charge is 0.378 e.